The van der Waals surface area contributed by atoms with Crippen molar-refractivity contribution in [2.75, 3.05) is 13.1 Å². The number of nitrogens with zero attached hydrogens (tertiary/aromatic N) is 1. The highest BCUT2D eigenvalue weighted by atomic mass is 35.5. The fraction of sp³-hybridized carbons (Fsp3) is 0.133. The van der Waals surface area contributed by atoms with Gasteiger partial charge in [0, 0.05) is 12.1 Å². The molecule has 2 aromatic rings. The Morgan fingerprint density at radius 1 is 0.947 bits per heavy atom. The highest BCUT2D eigenvalue weighted by Gasteiger charge is 2.08. The van der Waals surface area contributed by atoms with Crippen molar-refractivity contribution in [3.05, 3.63) is 60.2 Å². The first-order valence-electron chi connectivity index (χ1n) is 6.03. The molecule has 0 unspecified atom stereocenters. The van der Waals surface area contributed by atoms with Gasteiger partial charge in [0.25, 0.3) is 0 Å². The number of rotatable bonds is 3. The third-order valence-corrected chi connectivity index (χ3v) is 2.76. The Bertz CT molecular complexity index is 569. The van der Waals surface area contributed by atoms with Crippen molar-refractivity contribution < 1.29 is 4.74 Å². The lowest BCUT2D eigenvalue weighted by Crippen LogP contribution is -2.19. The number of amidine groups is 1. The molecule has 98 valence electrons. The molecule has 0 radical (unpaired) electrons. The third-order valence-electron chi connectivity index (χ3n) is 2.76. The van der Waals surface area contributed by atoms with Crippen LogP contribution < -0.4 is 10.1 Å². The summed E-state index contributed by atoms with van der Waals surface area (Å²) in [6, 6.07) is 17.8. The van der Waals surface area contributed by atoms with E-state index >= 15 is 0 Å². The molecule has 0 spiro atoms. The highest BCUT2D eigenvalue weighted by molar-refractivity contribution is 6.00. The zero-order valence-corrected chi connectivity index (χ0v) is 11.2. The van der Waals surface area contributed by atoms with Crippen molar-refractivity contribution >= 4 is 18.2 Å². The van der Waals surface area contributed by atoms with Crippen molar-refractivity contribution in [1.29, 1.82) is 0 Å². The van der Waals surface area contributed by atoms with Gasteiger partial charge in [0.05, 0.1) is 6.54 Å². The Morgan fingerprint density at radius 3 is 2.47 bits per heavy atom. The van der Waals surface area contributed by atoms with E-state index in [1.807, 2.05) is 54.6 Å². The highest BCUT2D eigenvalue weighted by Crippen LogP contribution is 2.22. The van der Waals surface area contributed by atoms with Crippen LogP contribution in [0, 0.1) is 0 Å². The number of nitrogens with one attached hydrogen (secondary N) is 1. The maximum Gasteiger partial charge on any atom is 0.128 e. The largest absolute Gasteiger partial charge is 0.457 e. The second-order valence-corrected chi connectivity index (χ2v) is 4.10. The molecule has 0 atom stereocenters. The number of hydrogen-bond acceptors (Lipinski definition) is 3. The molecule has 0 bridgehead atoms. The first-order valence-corrected chi connectivity index (χ1v) is 6.03. The average Bonchev–Trinajstić information content (AvgIpc) is 2.94. The summed E-state index contributed by atoms with van der Waals surface area (Å²) < 4.78 is 5.80. The number of hydrogen-bond donors (Lipinski definition) is 1. The molecule has 1 aliphatic heterocycles. The van der Waals surface area contributed by atoms with Crippen LogP contribution in [0.5, 0.6) is 11.5 Å². The number of para-hydroxylation sites is 1. The SMILES string of the molecule is Cl.c1ccc(Oc2cccc(C3=NCCN3)c2)cc1. The molecule has 3 rings (SSSR count). The van der Waals surface area contributed by atoms with Gasteiger partial charge in [-0.15, -0.1) is 12.4 Å². The van der Waals surface area contributed by atoms with Gasteiger partial charge in [-0.1, -0.05) is 30.3 Å². The van der Waals surface area contributed by atoms with E-state index in [2.05, 4.69) is 10.3 Å². The quantitative estimate of drug-likeness (QED) is 0.932. The molecular formula is C15H15ClN2O. The van der Waals surface area contributed by atoms with Crippen LogP contribution in [0.2, 0.25) is 0 Å². The normalized spacial score (nSPS) is 13.2. The Morgan fingerprint density at radius 2 is 1.74 bits per heavy atom. The monoisotopic (exact) mass is 274 g/mol. The lowest BCUT2D eigenvalue weighted by atomic mass is 10.2. The summed E-state index contributed by atoms with van der Waals surface area (Å²) in [5, 5.41) is 3.26. The first-order chi connectivity index (χ1) is 8.92. The van der Waals surface area contributed by atoms with E-state index in [0.29, 0.717) is 0 Å². The standard InChI is InChI=1S/C15H14N2O.ClH/c1-2-6-13(7-3-1)18-14-8-4-5-12(11-14)15-16-9-10-17-15;/h1-8,11H,9-10H2,(H,16,17);1H. The average molecular weight is 275 g/mol. The molecule has 3 nitrogen and oxygen atoms in total. The van der Waals surface area contributed by atoms with E-state index in [-0.39, 0.29) is 12.4 Å². The first kappa shape index (κ1) is 13.4. The predicted molar refractivity (Wildman–Crippen MR) is 79.6 cm³/mol. The number of aliphatic imine (C=N–C) groups is 1. The van der Waals surface area contributed by atoms with E-state index < -0.39 is 0 Å². The summed E-state index contributed by atoms with van der Waals surface area (Å²) in [7, 11) is 0. The van der Waals surface area contributed by atoms with Gasteiger partial charge in [0.1, 0.15) is 17.3 Å². The van der Waals surface area contributed by atoms with Crippen LogP contribution in [0.3, 0.4) is 0 Å². The van der Waals surface area contributed by atoms with Crippen molar-refractivity contribution in [3.63, 3.8) is 0 Å². The van der Waals surface area contributed by atoms with Gasteiger partial charge in [0.2, 0.25) is 0 Å². The van der Waals surface area contributed by atoms with Crippen LogP contribution in [-0.2, 0) is 0 Å². The zero-order chi connectivity index (χ0) is 12.2. The van der Waals surface area contributed by atoms with Crippen molar-refractivity contribution in [3.8, 4) is 11.5 Å². The van der Waals surface area contributed by atoms with E-state index in [9.17, 15) is 0 Å². The van der Waals surface area contributed by atoms with Crippen LogP contribution in [-0.4, -0.2) is 18.9 Å². The van der Waals surface area contributed by atoms with Gasteiger partial charge in [0.15, 0.2) is 0 Å². The van der Waals surface area contributed by atoms with Gasteiger partial charge in [-0.3, -0.25) is 4.99 Å². The van der Waals surface area contributed by atoms with Gasteiger partial charge < -0.3 is 10.1 Å². The fourth-order valence-electron chi connectivity index (χ4n) is 1.92. The molecule has 1 N–H and O–H groups in total. The molecule has 0 saturated carbocycles. The topological polar surface area (TPSA) is 33.6 Å². The van der Waals surface area contributed by atoms with Gasteiger partial charge in [-0.2, -0.15) is 0 Å². The molecule has 0 aliphatic carbocycles. The molecular weight excluding hydrogens is 260 g/mol. The Hall–Kier alpha value is -2.00. The molecule has 0 aromatic heterocycles. The maximum absolute atomic E-state index is 5.80. The molecule has 0 saturated heterocycles. The summed E-state index contributed by atoms with van der Waals surface area (Å²) in [6.07, 6.45) is 0. The van der Waals surface area contributed by atoms with Gasteiger partial charge in [-0.25, -0.2) is 0 Å². The van der Waals surface area contributed by atoms with E-state index in [1.165, 1.54) is 0 Å². The molecule has 4 heteroatoms. The molecule has 19 heavy (non-hydrogen) atoms. The molecule has 0 fully saturated rings. The predicted octanol–water partition coefficient (Wildman–Crippen LogP) is 3.25. The van der Waals surface area contributed by atoms with Crippen LogP contribution in [0.4, 0.5) is 0 Å². The van der Waals surface area contributed by atoms with Crippen molar-refractivity contribution in [2.45, 2.75) is 0 Å². The minimum Gasteiger partial charge on any atom is -0.457 e. The Kier molecular flexibility index (Phi) is 4.42. The Balaban J connectivity index is 0.00000133. The van der Waals surface area contributed by atoms with Crippen LogP contribution in [0.25, 0.3) is 0 Å². The van der Waals surface area contributed by atoms with Crippen molar-refractivity contribution in [2.24, 2.45) is 4.99 Å². The molecule has 0 amide bonds. The lowest BCUT2D eigenvalue weighted by Gasteiger charge is -2.07. The Labute approximate surface area is 118 Å². The fourth-order valence-corrected chi connectivity index (χ4v) is 1.92. The maximum atomic E-state index is 5.80. The molecule has 1 heterocycles. The second-order valence-electron chi connectivity index (χ2n) is 4.10. The summed E-state index contributed by atoms with van der Waals surface area (Å²) in [5.41, 5.74) is 1.07. The third kappa shape index (κ3) is 3.26. The number of halogens is 1. The zero-order valence-electron chi connectivity index (χ0n) is 10.4. The number of ether oxygens (including phenoxy) is 1. The number of benzene rings is 2. The van der Waals surface area contributed by atoms with E-state index in [0.717, 1.165) is 36.0 Å². The summed E-state index contributed by atoms with van der Waals surface area (Å²) >= 11 is 0. The van der Waals surface area contributed by atoms with Crippen LogP contribution >= 0.6 is 12.4 Å². The summed E-state index contributed by atoms with van der Waals surface area (Å²) in [6.45, 7) is 1.76. The van der Waals surface area contributed by atoms with Crippen molar-refractivity contribution in [1.82, 2.24) is 5.32 Å². The minimum atomic E-state index is 0. The van der Waals surface area contributed by atoms with Gasteiger partial charge >= 0.3 is 0 Å². The smallest absolute Gasteiger partial charge is 0.128 e. The molecule has 2 aromatic carbocycles. The minimum absolute atomic E-state index is 0. The van der Waals surface area contributed by atoms with E-state index in [1.54, 1.807) is 0 Å². The summed E-state index contributed by atoms with van der Waals surface area (Å²) in [4.78, 5) is 4.40. The van der Waals surface area contributed by atoms with Crippen LogP contribution in [0.1, 0.15) is 5.56 Å². The lowest BCUT2D eigenvalue weighted by molar-refractivity contribution is 0.482. The molecule has 1 aliphatic rings. The van der Waals surface area contributed by atoms with E-state index in [4.69, 9.17) is 4.74 Å². The van der Waals surface area contributed by atoms with Crippen LogP contribution in [0.15, 0.2) is 59.6 Å². The summed E-state index contributed by atoms with van der Waals surface area (Å²) in [5.74, 6) is 2.62. The second kappa shape index (κ2) is 6.25. The van der Waals surface area contributed by atoms with Gasteiger partial charge in [-0.05, 0) is 24.3 Å².